The largest absolute Gasteiger partial charge is 0.478 e. The molecular weight excluding hydrogens is 315 g/mol. The molecule has 0 radical (unpaired) electrons. The molecule has 19 heavy (non-hydrogen) atoms. The van der Waals surface area contributed by atoms with Crippen LogP contribution in [0.2, 0.25) is 0 Å². The zero-order valence-electron chi connectivity index (χ0n) is 9.55. The van der Waals surface area contributed by atoms with Crippen LogP contribution in [0.1, 0.15) is 5.82 Å². The number of carbonyl (C=O) groups is 1. The minimum atomic E-state index is -1.09. The Morgan fingerprint density at radius 1 is 1.37 bits per heavy atom. The van der Waals surface area contributed by atoms with Gasteiger partial charge in [0.25, 0.3) is 0 Å². The molecule has 96 valence electrons. The van der Waals surface area contributed by atoms with Crippen molar-refractivity contribution >= 4 is 28.0 Å². The molecule has 0 aliphatic heterocycles. The highest BCUT2D eigenvalue weighted by atomic mass is 79.9. The fourth-order valence-corrected chi connectivity index (χ4v) is 1.80. The van der Waals surface area contributed by atoms with Crippen LogP contribution >= 0.6 is 15.9 Å². The second kappa shape index (κ2) is 5.71. The molecule has 1 aromatic carbocycles. The van der Waals surface area contributed by atoms with Crippen molar-refractivity contribution in [2.45, 2.75) is 0 Å². The quantitative estimate of drug-likeness (QED) is 0.882. The third-order valence-corrected chi connectivity index (χ3v) is 2.75. The van der Waals surface area contributed by atoms with E-state index in [1.165, 1.54) is 18.3 Å². The number of benzene rings is 1. The van der Waals surface area contributed by atoms with E-state index in [-0.39, 0.29) is 5.82 Å². The number of carboxylic acid groups (broad SMARTS) is 1. The number of aliphatic carboxylic acids is 1. The minimum Gasteiger partial charge on any atom is -0.478 e. The average molecular weight is 323 g/mol. The molecule has 0 atom stereocenters. The summed E-state index contributed by atoms with van der Waals surface area (Å²) in [5.41, 5.74) is 0.709. The van der Waals surface area contributed by atoms with E-state index < -0.39 is 11.8 Å². The van der Waals surface area contributed by atoms with Crippen molar-refractivity contribution in [3.8, 4) is 11.3 Å². The van der Waals surface area contributed by atoms with Crippen molar-refractivity contribution in [1.29, 1.82) is 0 Å². The first-order valence-corrected chi connectivity index (χ1v) is 6.05. The van der Waals surface area contributed by atoms with Gasteiger partial charge in [-0.05, 0) is 30.3 Å². The maximum atomic E-state index is 13.7. The Bertz CT molecular complexity index is 659. The summed E-state index contributed by atoms with van der Waals surface area (Å²) in [5, 5.41) is 8.53. The number of carboxylic acids is 1. The molecule has 6 heteroatoms. The second-order valence-corrected chi connectivity index (χ2v) is 4.51. The van der Waals surface area contributed by atoms with E-state index in [4.69, 9.17) is 5.11 Å². The Morgan fingerprint density at radius 2 is 2.16 bits per heavy atom. The number of aromatic nitrogens is 2. The number of nitrogens with zero attached hydrogens (tertiary/aromatic N) is 2. The molecule has 0 amide bonds. The van der Waals surface area contributed by atoms with E-state index in [9.17, 15) is 9.18 Å². The van der Waals surface area contributed by atoms with Gasteiger partial charge in [-0.25, -0.2) is 19.2 Å². The van der Waals surface area contributed by atoms with Crippen molar-refractivity contribution in [2.24, 2.45) is 0 Å². The first-order chi connectivity index (χ1) is 9.06. The Kier molecular flexibility index (Phi) is 4.01. The van der Waals surface area contributed by atoms with Gasteiger partial charge in [-0.1, -0.05) is 15.9 Å². The van der Waals surface area contributed by atoms with E-state index in [0.717, 1.165) is 10.5 Å². The Morgan fingerprint density at radius 3 is 2.89 bits per heavy atom. The summed E-state index contributed by atoms with van der Waals surface area (Å²) in [4.78, 5) is 18.4. The van der Waals surface area contributed by atoms with Crippen molar-refractivity contribution in [1.82, 2.24) is 9.97 Å². The minimum absolute atomic E-state index is 0.208. The smallest absolute Gasteiger partial charge is 0.328 e. The summed E-state index contributed by atoms with van der Waals surface area (Å²) in [7, 11) is 0. The van der Waals surface area contributed by atoms with Crippen LogP contribution in [0.15, 0.2) is 41.0 Å². The zero-order chi connectivity index (χ0) is 13.8. The molecule has 0 fully saturated rings. The Balaban J connectivity index is 2.43. The summed E-state index contributed by atoms with van der Waals surface area (Å²) in [6, 6.07) is 6.07. The Hall–Kier alpha value is -2.08. The number of halogens is 2. The SMILES string of the molecule is O=C(O)/C=C/c1nccc(-c2cc(Br)ccc2F)n1. The predicted octanol–water partition coefficient (Wildman–Crippen LogP) is 3.14. The van der Waals surface area contributed by atoms with Gasteiger partial charge in [0.1, 0.15) is 5.82 Å². The molecule has 2 aromatic rings. The van der Waals surface area contributed by atoms with Gasteiger partial charge in [0, 0.05) is 22.3 Å². The lowest BCUT2D eigenvalue weighted by Crippen LogP contribution is -1.94. The van der Waals surface area contributed by atoms with Crippen LogP contribution in [0.3, 0.4) is 0 Å². The highest BCUT2D eigenvalue weighted by molar-refractivity contribution is 9.10. The van der Waals surface area contributed by atoms with E-state index in [1.54, 1.807) is 18.2 Å². The predicted molar refractivity (Wildman–Crippen MR) is 71.8 cm³/mol. The standard InChI is InChI=1S/C13H8BrFN2O2/c14-8-1-2-10(15)9(7-8)11-5-6-16-12(17-11)3-4-13(18)19/h1-7H,(H,18,19)/b4-3+. The maximum Gasteiger partial charge on any atom is 0.328 e. The van der Waals surface area contributed by atoms with Crippen molar-refractivity contribution < 1.29 is 14.3 Å². The van der Waals surface area contributed by atoms with Crippen molar-refractivity contribution in [3.63, 3.8) is 0 Å². The molecule has 0 saturated heterocycles. The Labute approximate surface area is 116 Å². The number of rotatable bonds is 3. The van der Waals surface area contributed by atoms with Crippen LogP contribution < -0.4 is 0 Å². The lowest BCUT2D eigenvalue weighted by atomic mass is 10.1. The van der Waals surface area contributed by atoms with Crippen LogP contribution in [0, 0.1) is 5.82 Å². The molecule has 1 heterocycles. The van der Waals surface area contributed by atoms with Crippen LogP contribution in [0.5, 0.6) is 0 Å². The average Bonchev–Trinajstić information content (AvgIpc) is 2.39. The highest BCUT2D eigenvalue weighted by Gasteiger charge is 2.07. The third-order valence-electron chi connectivity index (χ3n) is 2.25. The molecule has 0 aliphatic carbocycles. The molecule has 2 rings (SSSR count). The normalized spacial score (nSPS) is 10.8. The third kappa shape index (κ3) is 3.45. The molecule has 0 aliphatic rings. The van der Waals surface area contributed by atoms with Gasteiger partial charge in [-0.2, -0.15) is 0 Å². The first-order valence-electron chi connectivity index (χ1n) is 5.26. The van der Waals surface area contributed by atoms with Crippen molar-refractivity contribution in [2.75, 3.05) is 0 Å². The molecule has 0 unspecified atom stereocenters. The fourth-order valence-electron chi connectivity index (χ4n) is 1.44. The van der Waals surface area contributed by atoms with Gasteiger partial charge in [0.2, 0.25) is 0 Å². The number of hydrogen-bond donors (Lipinski definition) is 1. The van der Waals surface area contributed by atoms with Gasteiger partial charge in [-0.3, -0.25) is 0 Å². The van der Waals surface area contributed by atoms with Crippen LogP contribution in [-0.2, 0) is 4.79 Å². The molecule has 0 spiro atoms. The first kappa shape index (κ1) is 13.4. The van der Waals surface area contributed by atoms with E-state index >= 15 is 0 Å². The molecule has 1 N–H and O–H groups in total. The van der Waals surface area contributed by atoms with Crippen LogP contribution in [-0.4, -0.2) is 21.0 Å². The van der Waals surface area contributed by atoms with Crippen LogP contribution in [0.25, 0.3) is 17.3 Å². The van der Waals surface area contributed by atoms with E-state index in [1.807, 2.05) is 0 Å². The van der Waals surface area contributed by atoms with Gasteiger partial charge in [0.05, 0.1) is 5.69 Å². The molecule has 0 saturated carbocycles. The van der Waals surface area contributed by atoms with Gasteiger partial charge < -0.3 is 5.11 Å². The van der Waals surface area contributed by atoms with E-state index in [0.29, 0.717) is 11.3 Å². The highest BCUT2D eigenvalue weighted by Crippen LogP contribution is 2.24. The summed E-state index contributed by atoms with van der Waals surface area (Å²) in [5.74, 6) is -1.29. The zero-order valence-corrected chi connectivity index (χ0v) is 11.1. The number of hydrogen-bond acceptors (Lipinski definition) is 3. The van der Waals surface area contributed by atoms with Crippen LogP contribution in [0.4, 0.5) is 4.39 Å². The summed E-state index contributed by atoms with van der Waals surface area (Å²) in [6.07, 6.45) is 3.63. The molecule has 4 nitrogen and oxygen atoms in total. The fraction of sp³-hybridized carbons (Fsp3) is 0. The second-order valence-electron chi connectivity index (χ2n) is 3.60. The summed E-state index contributed by atoms with van der Waals surface area (Å²) in [6.45, 7) is 0. The molecule has 0 bridgehead atoms. The molecule has 1 aromatic heterocycles. The van der Waals surface area contributed by atoms with Gasteiger partial charge in [-0.15, -0.1) is 0 Å². The monoisotopic (exact) mass is 322 g/mol. The summed E-state index contributed by atoms with van der Waals surface area (Å²) < 4.78 is 14.4. The van der Waals surface area contributed by atoms with Crippen molar-refractivity contribution in [3.05, 3.63) is 52.7 Å². The topological polar surface area (TPSA) is 63.1 Å². The van der Waals surface area contributed by atoms with E-state index in [2.05, 4.69) is 25.9 Å². The summed E-state index contributed by atoms with van der Waals surface area (Å²) >= 11 is 3.26. The molecular formula is C13H8BrFN2O2. The van der Waals surface area contributed by atoms with Gasteiger partial charge in [0.15, 0.2) is 5.82 Å². The lowest BCUT2D eigenvalue weighted by Gasteiger charge is -2.03. The maximum absolute atomic E-state index is 13.7. The lowest BCUT2D eigenvalue weighted by molar-refractivity contribution is -0.131. The van der Waals surface area contributed by atoms with Gasteiger partial charge >= 0.3 is 5.97 Å².